The van der Waals surface area contributed by atoms with Gasteiger partial charge in [0.2, 0.25) is 17.1 Å². The van der Waals surface area contributed by atoms with Crippen molar-refractivity contribution in [1.82, 2.24) is 10.3 Å². The number of benzene rings is 2. The maximum atomic E-state index is 15.4. The Hall–Kier alpha value is -4.31. The molecule has 5 rings (SSSR count). The zero-order valence-electron chi connectivity index (χ0n) is 23.6. The van der Waals surface area contributed by atoms with Gasteiger partial charge in [-0.05, 0) is 38.0 Å². The molecule has 0 aromatic heterocycles. The molecule has 3 aliphatic heterocycles. The SMILES string of the molecule is C/C=N\N1C=CC(Oc2cc(F)c(NC(=N/C=C/CCC)c3c(C)ccc4c3OCC3=[N+]4CCNC3)cc2F)=CC1. The Bertz CT molecular complexity index is 1490. The maximum absolute atomic E-state index is 15.4. The lowest BCUT2D eigenvalue weighted by molar-refractivity contribution is -0.449. The van der Waals surface area contributed by atoms with Crippen molar-refractivity contribution >= 4 is 29.1 Å². The van der Waals surface area contributed by atoms with Crippen LogP contribution in [0, 0.1) is 18.6 Å². The van der Waals surface area contributed by atoms with Gasteiger partial charge < -0.3 is 20.1 Å². The van der Waals surface area contributed by atoms with E-state index in [2.05, 4.69) is 32.2 Å². The average molecular weight is 562 g/mol. The van der Waals surface area contributed by atoms with Crippen LogP contribution in [0.1, 0.15) is 37.8 Å². The van der Waals surface area contributed by atoms with Gasteiger partial charge in [0.25, 0.3) is 0 Å². The molecule has 41 heavy (non-hydrogen) atoms. The standard InChI is InChI=1S/C31H35F2N6O2/c1-4-6-7-12-35-31(29-21(3)8-9-27-30(29)40-20-22-19-34-13-16-39(22)27)37-26-17-25(33)28(18-24(26)32)41-23-10-14-38(15-11-23)36-5-2/h5,7-12,14,17-18,34H,4,6,13,15-16,19-20H2,1-3H3,(H,35,37)/q+1/b12-7+,36-5-. The number of allylic oxidation sites excluding steroid dienone is 2. The molecule has 3 aliphatic rings. The predicted octanol–water partition coefficient (Wildman–Crippen LogP) is 5.62. The molecule has 0 radical (unpaired) electrons. The summed E-state index contributed by atoms with van der Waals surface area (Å²) < 4.78 is 44.8. The van der Waals surface area contributed by atoms with Crippen molar-refractivity contribution in [2.45, 2.75) is 33.6 Å². The van der Waals surface area contributed by atoms with E-state index in [1.807, 2.05) is 32.1 Å². The number of nitrogens with zero attached hydrogens (tertiary/aromatic N) is 4. The number of nitrogens with one attached hydrogen (secondary N) is 2. The molecule has 0 spiro atoms. The number of amidine groups is 1. The summed E-state index contributed by atoms with van der Waals surface area (Å²) >= 11 is 0. The van der Waals surface area contributed by atoms with Crippen LogP contribution in [0.2, 0.25) is 0 Å². The third-order valence-electron chi connectivity index (χ3n) is 6.90. The van der Waals surface area contributed by atoms with Gasteiger partial charge >= 0.3 is 0 Å². The van der Waals surface area contributed by atoms with Crippen LogP contribution in [-0.2, 0) is 0 Å². The number of hydrogen-bond acceptors (Lipinski definition) is 6. The fourth-order valence-corrected chi connectivity index (χ4v) is 4.84. The minimum Gasteiger partial charge on any atom is -0.475 e. The highest BCUT2D eigenvalue weighted by molar-refractivity contribution is 6.12. The molecule has 10 heteroatoms. The summed E-state index contributed by atoms with van der Waals surface area (Å²) in [7, 11) is 0. The zero-order valence-corrected chi connectivity index (χ0v) is 23.6. The lowest BCUT2D eigenvalue weighted by Gasteiger charge is -2.25. The van der Waals surface area contributed by atoms with E-state index in [0.717, 1.165) is 61.6 Å². The van der Waals surface area contributed by atoms with Crippen molar-refractivity contribution in [3.8, 4) is 11.5 Å². The monoisotopic (exact) mass is 561 g/mol. The van der Waals surface area contributed by atoms with E-state index in [1.165, 1.54) is 0 Å². The van der Waals surface area contributed by atoms with E-state index in [4.69, 9.17) is 9.47 Å². The van der Waals surface area contributed by atoms with Crippen molar-refractivity contribution in [3.05, 3.63) is 83.4 Å². The number of fused-ring (bicyclic) bond motifs is 2. The molecular formula is C31H35F2N6O2+. The molecule has 0 bridgehead atoms. The second-order valence-electron chi connectivity index (χ2n) is 9.85. The molecule has 2 aromatic rings. The fraction of sp³-hybridized carbons (Fsp3) is 0.323. The van der Waals surface area contributed by atoms with E-state index < -0.39 is 11.6 Å². The van der Waals surface area contributed by atoms with Crippen molar-refractivity contribution in [1.29, 1.82) is 0 Å². The molecule has 0 amide bonds. The first kappa shape index (κ1) is 28.2. The number of halogens is 2. The molecule has 0 unspecified atom stereocenters. The quantitative estimate of drug-likeness (QED) is 0.249. The summed E-state index contributed by atoms with van der Waals surface area (Å²) in [4.78, 5) is 4.66. The summed E-state index contributed by atoms with van der Waals surface area (Å²) in [5.74, 6) is -0.152. The Morgan fingerprint density at radius 2 is 2.15 bits per heavy atom. The normalized spacial score (nSPS) is 17.0. The van der Waals surface area contributed by atoms with Gasteiger partial charge in [-0.15, -0.1) is 0 Å². The Morgan fingerprint density at radius 1 is 1.27 bits per heavy atom. The number of ether oxygens (including phenoxy) is 2. The second-order valence-corrected chi connectivity index (χ2v) is 9.85. The molecule has 2 N–H and O–H groups in total. The van der Waals surface area contributed by atoms with Gasteiger partial charge in [-0.25, -0.2) is 13.8 Å². The second kappa shape index (κ2) is 12.9. The smallest absolute Gasteiger partial charge is 0.248 e. The van der Waals surface area contributed by atoms with Gasteiger partial charge in [-0.3, -0.25) is 5.01 Å². The minimum atomic E-state index is -0.707. The lowest BCUT2D eigenvalue weighted by Crippen LogP contribution is -2.44. The van der Waals surface area contributed by atoms with E-state index >= 15 is 8.78 Å². The van der Waals surface area contributed by atoms with Crippen LogP contribution < -0.4 is 20.1 Å². The van der Waals surface area contributed by atoms with Crippen molar-refractivity contribution in [2.75, 3.05) is 38.1 Å². The van der Waals surface area contributed by atoms with Gasteiger partial charge in [0, 0.05) is 36.8 Å². The Morgan fingerprint density at radius 3 is 2.93 bits per heavy atom. The van der Waals surface area contributed by atoms with Crippen LogP contribution in [0.5, 0.6) is 11.5 Å². The number of hydrazone groups is 1. The highest BCUT2D eigenvalue weighted by Crippen LogP contribution is 2.37. The number of hydrogen-bond donors (Lipinski definition) is 2. The molecule has 0 saturated heterocycles. The molecule has 0 fully saturated rings. The lowest BCUT2D eigenvalue weighted by atomic mass is 10.0. The Labute approximate surface area is 239 Å². The molecule has 2 aromatic carbocycles. The molecular weight excluding hydrogens is 526 g/mol. The molecule has 8 nitrogen and oxygen atoms in total. The summed E-state index contributed by atoms with van der Waals surface area (Å²) in [5, 5.41) is 12.3. The first-order chi connectivity index (χ1) is 20.0. The summed E-state index contributed by atoms with van der Waals surface area (Å²) in [6.45, 7) is 9.20. The number of rotatable bonds is 8. The molecule has 0 saturated carbocycles. The minimum absolute atomic E-state index is 0.0589. The molecule has 0 aliphatic carbocycles. The van der Waals surface area contributed by atoms with Crippen molar-refractivity contribution in [2.24, 2.45) is 10.1 Å². The highest BCUT2D eigenvalue weighted by atomic mass is 19.1. The average Bonchev–Trinajstić information content (AvgIpc) is 2.98. The van der Waals surface area contributed by atoms with E-state index in [1.54, 1.807) is 35.8 Å². The Kier molecular flexibility index (Phi) is 8.88. The van der Waals surface area contributed by atoms with E-state index in [-0.39, 0.29) is 11.4 Å². The largest absolute Gasteiger partial charge is 0.475 e. The van der Waals surface area contributed by atoms with Gasteiger partial charge in [0.15, 0.2) is 30.5 Å². The summed E-state index contributed by atoms with van der Waals surface area (Å²) in [5.41, 5.74) is 3.64. The van der Waals surface area contributed by atoms with E-state index in [9.17, 15) is 0 Å². The summed E-state index contributed by atoms with van der Waals surface area (Å²) in [6.07, 6.45) is 12.2. The van der Waals surface area contributed by atoms with Gasteiger partial charge in [-0.2, -0.15) is 9.68 Å². The molecule has 214 valence electrons. The maximum Gasteiger partial charge on any atom is 0.248 e. The fourth-order valence-electron chi connectivity index (χ4n) is 4.84. The number of aliphatic imine (C=N–C) groups is 1. The molecule has 0 atom stereocenters. The number of aryl methyl sites for hydroxylation is 1. The highest BCUT2D eigenvalue weighted by Gasteiger charge is 2.33. The topological polar surface area (TPSA) is 73.5 Å². The van der Waals surface area contributed by atoms with Crippen molar-refractivity contribution in [3.63, 3.8) is 0 Å². The van der Waals surface area contributed by atoms with Crippen LogP contribution in [0.15, 0.2) is 70.7 Å². The van der Waals surface area contributed by atoms with E-state index in [0.29, 0.717) is 36.1 Å². The first-order valence-electron chi connectivity index (χ1n) is 13.9. The molecule has 3 heterocycles. The van der Waals surface area contributed by atoms with Crippen LogP contribution in [0.3, 0.4) is 0 Å². The third kappa shape index (κ3) is 6.38. The van der Waals surface area contributed by atoms with Crippen LogP contribution in [0.4, 0.5) is 20.2 Å². The van der Waals surface area contributed by atoms with Crippen LogP contribution >= 0.6 is 0 Å². The van der Waals surface area contributed by atoms with Crippen LogP contribution in [0.25, 0.3) is 0 Å². The Balaban J connectivity index is 1.47. The van der Waals surface area contributed by atoms with Gasteiger partial charge in [0.05, 0.1) is 30.9 Å². The third-order valence-corrected chi connectivity index (χ3v) is 6.90. The van der Waals surface area contributed by atoms with Gasteiger partial charge in [-0.1, -0.05) is 25.5 Å². The number of unbranched alkanes of at least 4 members (excludes halogenated alkanes) is 1. The zero-order chi connectivity index (χ0) is 28.8. The van der Waals surface area contributed by atoms with Crippen molar-refractivity contribution < 1.29 is 22.8 Å². The first-order valence-corrected chi connectivity index (χ1v) is 13.9. The summed E-state index contributed by atoms with van der Waals surface area (Å²) in [6, 6.07) is 6.17. The van der Waals surface area contributed by atoms with Gasteiger partial charge in [0.1, 0.15) is 11.6 Å². The number of anilines is 1. The van der Waals surface area contributed by atoms with Crippen LogP contribution in [-0.4, -0.2) is 60.1 Å². The predicted molar refractivity (Wildman–Crippen MR) is 159 cm³/mol.